The van der Waals surface area contributed by atoms with Crippen LogP contribution in [0.25, 0.3) is 10.9 Å². The van der Waals surface area contributed by atoms with Crippen LogP contribution in [0.2, 0.25) is 0 Å². The van der Waals surface area contributed by atoms with Crippen molar-refractivity contribution in [1.29, 1.82) is 0 Å². The van der Waals surface area contributed by atoms with Gasteiger partial charge in [0.1, 0.15) is 30.2 Å². The maximum atomic E-state index is 14.3. The third-order valence-electron chi connectivity index (χ3n) is 9.92. The standard InChI is InChI=1S/C41H58N14O6/c1-24(51-38(59)32(15-9-17-48-41(45)46)53-37(58)29(43)20-27-22-47-23-50-27)36(57)54-34(19-26-21-49-30-13-6-5-12-28(26)30)40(61)55-33(18-25-10-3-2-4-11-25)39(60)52-31(35(44)56)14-7-8-16-42/h2-6,10-13,21-24,29,31-34,49H,7-9,14-20,42-43H2,1H3,(H2,44,56)(H,47,50)(H,51,59)(H,52,60)(H,53,58)(H,54,57)(H,55,61)(H4,45,46,48)/t24?,29?,31?,32-,33-,34?/m1/s1. The van der Waals surface area contributed by atoms with E-state index in [4.69, 9.17) is 28.7 Å². The number of hydrogen-bond donors (Lipinski definition) is 12. The van der Waals surface area contributed by atoms with Gasteiger partial charge in [0, 0.05) is 54.8 Å². The van der Waals surface area contributed by atoms with Gasteiger partial charge in [0.25, 0.3) is 0 Å². The number of aromatic nitrogens is 3. The third-order valence-corrected chi connectivity index (χ3v) is 9.92. The molecule has 61 heavy (non-hydrogen) atoms. The fourth-order valence-electron chi connectivity index (χ4n) is 6.57. The molecule has 0 saturated carbocycles. The second-order valence-electron chi connectivity index (χ2n) is 14.8. The van der Waals surface area contributed by atoms with Crippen molar-refractivity contribution in [3.63, 3.8) is 0 Å². The van der Waals surface area contributed by atoms with E-state index in [2.05, 4.69) is 46.5 Å². The average molecular weight is 843 g/mol. The quantitative estimate of drug-likeness (QED) is 0.0204. The molecule has 0 radical (unpaired) electrons. The number of amides is 6. The molecule has 4 unspecified atom stereocenters. The number of aromatic amines is 2. The molecule has 20 heteroatoms. The van der Waals surface area contributed by atoms with Crippen LogP contribution >= 0.6 is 0 Å². The number of H-pyrrole nitrogens is 2. The number of primary amides is 1. The highest BCUT2D eigenvalue weighted by Gasteiger charge is 2.32. The summed E-state index contributed by atoms with van der Waals surface area (Å²) in [5, 5.41) is 14.3. The molecular weight excluding hydrogens is 785 g/mol. The molecule has 4 rings (SSSR count). The summed E-state index contributed by atoms with van der Waals surface area (Å²) >= 11 is 0. The molecular formula is C41H58N14O6. The number of unbranched alkanes of at least 4 members (excludes halogenated alkanes) is 1. The predicted molar refractivity (Wildman–Crippen MR) is 230 cm³/mol. The number of aliphatic imine (C=N–C) groups is 1. The maximum Gasteiger partial charge on any atom is 0.243 e. The summed E-state index contributed by atoms with van der Waals surface area (Å²) in [5.74, 6) is -4.26. The molecule has 0 spiro atoms. The Kier molecular flexibility index (Phi) is 18.2. The lowest BCUT2D eigenvalue weighted by atomic mass is 10.0. The number of guanidine groups is 1. The Balaban J connectivity index is 1.55. The van der Waals surface area contributed by atoms with Crippen LogP contribution < -0.4 is 55.3 Å². The number of benzene rings is 2. The molecule has 6 amide bonds. The van der Waals surface area contributed by atoms with Crippen LogP contribution in [0.3, 0.4) is 0 Å². The van der Waals surface area contributed by atoms with Crippen LogP contribution in [0.4, 0.5) is 0 Å². The Bertz CT molecular complexity index is 2090. The molecule has 0 aliphatic rings. The highest BCUT2D eigenvalue weighted by Crippen LogP contribution is 2.20. The van der Waals surface area contributed by atoms with Crippen LogP contribution in [-0.2, 0) is 48.0 Å². The summed E-state index contributed by atoms with van der Waals surface area (Å²) in [6, 6.07) is 9.56. The van der Waals surface area contributed by atoms with Gasteiger partial charge in [-0.05, 0) is 62.8 Å². The molecule has 17 N–H and O–H groups in total. The Morgan fingerprint density at radius 3 is 1.98 bits per heavy atom. The molecule has 328 valence electrons. The summed E-state index contributed by atoms with van der Waals surface area (Å²) in [6.07, 6.45) is 6.68. The van der Waals surface area contributed by atoms with Gasteiger partial charge in [-0.2, -0.15) is 0 Å². The van der Waals surface area contributed by atoms with Crippen LogP contribution in [0.15, 0.2) is 78.3 Å². The monoisotopic (exact) mass is 842 g/mol. The summed E-state index contributed by atoms with van der Waals surface area (Å²) in [5.41, 5.74) is 31.1. The minimum Gasteiger partial charge on any atom is -0.370 e. The number of carbonyl (C=O) groups excluding carboxylic acids is 6. The van der Waals surface area contributed by atoms with Gasteiger partial charge in [-0.3, -0.25) is 33.8 Å². The van der Waals surface area contributed by atoms with Crippen LogP contribution in [-0.4, -0.2) is 106 Å². The van der Waals surface area contributed by atoms with Gasteiger partial charge in [0.2, 0.25) is 35.4 Å². The number of imidazole rings is 1. The minimum absolute atomic E-state index is 0.0113. The van der Waals surface area contributed by atoms with Crippen molar-refractivity contribution in [2.24, 2.45) is 33.7 Å². The number of nitrogens with zero attached hydrogens (tertiary/aromatic N) is 2. The number of nitrogens with two attached hydrogens (primary N) is 5. The van der Waals surface area contributed by atoms with E-state index in [9.17, 15) is 28.8 Å². The lowest BCUT2D eigenvalue weighted by molar-refractivity contribution is -0.135. The maximum absolute atomic E-state index is 14.3. The number of nitrogens with one attached hydrogen (secondary N) is 7. The Labute approximate surface area is 353 Å². The first-order valence-corrected chi connectivity index (χ1v) is 20.1. The van der Waals surface area contributed by atoms with E-state index in [0.717, 1.165) is 16.5 Å². The molecule has 0 fully saturated rings. The highest BCUT2D eigenvalue weighted by molar-refractivity contribution is 5.97. The van der Waals surface area contributed by atoms with Crippen molar-refractivity contribution in [2.45, 2.75) is 94.5 Å². The molecule has 0 saturated heterocycles. The molecule has 2 aromatic heterocycles. The van der Waals surface area contributed by atoms with Crippen molar-refractivity contribution >= 4 is 52.3 Å². The van der Waals surface area contributed by atoms with Crippen molar-refractivity contribution < 1.29 is 28.8 Å². The summed E-state index contributed by atoms with van der Waals surface area (Å²) in [7, 11) is 0. The van der Waals surface area contributed by atoms with E-state index in [0.29, 0.717) is 37.1 Å². The van der Waals surface area contributed by atoms with E-state index in [1.807, 2.05) is 30.3 Å². The van der Waals surface area contributed by atoms with Crippen molar-refractivity contribution in [2.75, 3.05) is 13.1 Å². The van der Waals surface area contributed by atoms with Gasteiger partial charge in [-0.15, -0.1) is 0 Å². The molecule has 4 aromatic rings. The Hall–Kier alpha value is -6.80. The van der Waals surface area contributed by atoms with E-state index in [1.54, 1.807) is 30.5 Å². The van der Waals surface area contributed by atoms with E-state index < -0.39 is 71.7 Å². The van der Waals surface area contributed by atoms with Gasteiger partial charge < -0.3 is 65.2 Å². The largest absolute Gasteiger partial charge is 0.370 e. The number of para-hydroxylation sites is 1. The third kappa shape index (κ3) is 15.1. The van der Waals surface area contributed by atoms with Gasteiger partial charge in [-0.25, -0.2) is 4.98 Å². The smallest absolute Gasteiger partial charge is 0.243 e. The first-order chi connectivity index (χ1) is 29.2. The summed E-state index contributed by atoms with van der Waals surface area (Å²) in [4.78, 5) is 95.1. The number of carbonyl (C=O) groups is 6. The number of hydrogen-bond acceptors (Lipinski definition) is 10. The predicted octanol–water partition coefficient (Wildman–Crippen LogP) is -1.64. The SMILES string of the molecule is CC(NC(=O)[C@@H](CCCN=C(N)N)NC(=O)C(N)Cc1cnc[nH]1)C(=O)NC(Cc1c[nH]c2ccccc12)C(=O)N[C@H](Cc1ccccc1)C(=O)NC(CCCCN)C(N)=O. The lowest BCUT2D eigenvalue weighted by Crippen LogP contribution is -2.59. The summed E-state index contributed by atoms with van der Waals surface area (Å²) < 4.78 is 0. The van der Waals surface area contributed by atoms with Gasteiger partial charge >= 0.3 is 0 Å². The Morgan fingerprint density at radius 2 is 1.31 bits per heavy atom. The van der Waals surface area contributed by atoms with Crippen molar-refractivity contribution in [3.8, 4) is 0 Å². The molecule has 6 atom stereocenters. The van der Waals surface area contributed by atoms with Gasteiger partial charge in [-0.1, -0.05) is 48.5 Å². The van der Waals surface area contributed by atoms with Crippen molar-refractivity contribution in [1.82, 2.24) is 41.5 Å². The van der Waals surface area contributed by atoms with E-state index >= 15 is 0 Å². The van der Waals surface area contributed by atoms with Gasteiger partial charge in [0.05, 0.1) is 12.4 Å². The Morgan fingerprint density at radius 1 is 0.689 bits per heavy atom. The summed E-state index contributed by atoms with van der Waals surface area (Å²) in [6.45, 7) is 2.00. The molecule has 2 heterocycles. The second-order valence-corrected chi connectivity index (χ2v) is 14.8. The number of rotatable bonds is 25. The van der Waals surface area contributed by atoms with Crippen molar-refractivity contribution in [3.05, 3.63) is 90.1 Å². The first kappa shape index (κ1) is 46.9. The molecule has 0 bridgehead atoms. The van der Waals surface area contributed by atoms with Gasteiger partial charge in [0.15, 0.2) is 5.96 Å². The molecule has 0 aliphatic heterocycles. The zero-order valence-corrected chi connectivity index (χ0v) is 34.2. The minimum atomic E-state index is -1.26. The molecule has 0 aliphatic carbocycles. The zero-order chi connectivity index (χ0) is 44.3. The van der Waals surface area contributed by atoms with E-state index in [1.165, 1.54) is 19.4 Å². The van der Waals surface area contributed by atoms with E-state index in [-0.39, 0.29) is 44.6 Å². The average Bonchev–Trinajstić information content (AvgIpc) is 3.91. The second kappa shape index (κ2) is 23.7. The first-order valence-electron chi connectivity index (χ1n) is 20.1. The molecule has 20 nitrogen and oxygen atoms in total. The fourth-order valence-corrected chi connectivity index (χ4v) is 6.57. The lowest BCUT2D eigenvalue weighted by Gasteiger charge is -2.26. The topological polar surface area (TPSA) is 349 Å². The number of fused-ring (bicyclic) bond motifs is 1. The normalized spacial score (nSPS) is 14.0. The highest BCUT2D eigenvalue weighted by atomic mass is 16.2. The molecule has 2 aromatic carbocycles. The fraction of sp³-hybridized carbons (Fsp3) is 0.415. The zero-order valence-electron chi connectivity index (χ0n) is 34.2. The van der Waals surface area contributed by atoms with Crippen LogP contribution in [0.1, 0.15) is 55.8 Å². The van der Waals surface area contributed by atoms with Crippen LogP contribution in [0, 0.1) is 0 Å². The van der Waals surface area contributed by atoms with Crippen LogP contribution in [0.5, 0.6) is 0 Å².